The van der Waals surface area contributed by atoms with Crippen molar-refractivity contribution in [1.29, 1.82) is 0 Å². The van der Waals surface area contributed by atoms with Crippen LogP contribution in [0.2, 0.25) is 5.02 Å². The smallest absolute Gasteiger partial charge is 0.264 e. The third kappa shape index (κ3) is 5.95. The van der Waals surface area contributed by atoms with Crippen molar-refractivity contribution in [3.8, 4) is 5.75 Å². The summed E-state index contributed by atoms with van der Waals surface area (Å²) in [4.78, 5) is 12.8. The summed E-state index contributed by atoms with van der Waals surface area (Å²) in [6, 6.07) is 18.6. The number of rotatable bonds is 8. The van der Waals surface area contributed by atoms with E-state index in [1.165, 1.54) is 31.4 Å². The van der Waals surface area contributed by atoms with Crippen LogP contribution in [0.5, 0.6) is 5.75 Å². The molecule has 0 aromatic heterocycles. The fourth-order valence-electron chi connectivity index (χ4n) is 3.13. The molecule has 9 heteroatoms. The summed E-state index contributed by atoms with van der Waals surface area (Å²) in [5.74, 6) is -0.213. The zero-order chi connectivity index (χ0) is 24.9. The first kappa shape index (κ1) is 25.3. The molecule has 0 atom stereocenters. The van der Waals surface area contributed by atoms with E-state index in [0.717, 1.165) is 21.0 Å². The topological polar surface area (TPSA) is 88.1 Å². The molecule has 0 aliphatic heterocycles. The molecule has 3 aromatic rings. The molecule has 1 N–H and O–H groups in total. The van der Waals surface area contributed by atoms with Gasteiger partial charge in [-0.25, -0.2) is 13.8 Å². The number of aryl methyl sites for hydroxylation is 2. The molecular formula is C25H26ClN3O4S. The second-order valence-corrected chi connectivity index (χ2v) is 10.0. The number of methoxy groups -OCH3 is 1. The molecule has 34 heavy (non-hydrogen) atoms. The van der Waals surface area contributed by atoms with Crippen LogP contribution in [0.1, 0.15) is 23.6 Å². The molecule has 0 radical (unpaired) electrons. The Bertz CT molecular complexity index is 1300. The number of amides is 1. The van der Waals surface area contributed by atoms with Crippen LogP contribution in [-0.2, 0) is 14.8 Å². The number of ether oxygens (including phenoxy) is 1. The Hall–Kier alpha value is -3.36. The summed E-state index contributed by atoms with van der Waals surface area (Å²) in [5, 5.41) is 4.35. The minimum absolute atomic E-state index is 0.0529. The Morgan fingerprint density at radius 1 is 1.00 bits per heavy atom. The Morgan fingerprint density at radius 3 is 2.15 bits per heavy atom. The Kier molecular flexibility index (Phi) is 7.96. The van der Waals surface area contributed by atoms with Crippen LogP contribution in [0.3, 0.4) is 0 Å². The van der Waals surface area contributed by atoms with Crippen LogP contribution < -0.4 is 14.5 Å². The quantitative estimate of drug-likeness (QED) is 0.359. The predicted octanol–water partition coefficient (Wildman–Crippen LogP) is 4.70. The molecule has 0 spiro atoms. The van der Waals surface area contributed by atoms with Crippen molar-refractivity contribution in [3.05, 3.63) is 88.4 Å². The van der Waals surface area contributed by atoms with E-state index < -0.39 is 22.5 Å². The summed E-state index contributed by atoms with van der Waals surface area (Å²) in [6.07, 6.45) is 0. The second kappa shape index (κ2) is 10.7. The summed E-state index contributed by atoms with van der Waals surface area (Å²) in [5.41, 5.74) is 6.13. The lowest BCUT2D eigenvalue weighted by Gasteiger charge is -2.24. The van der Waals surface area contributed by atoms with Gasteiger partial charge in [0.2, 0.25) is 0 Å². The maximum absolute atomic E-state index is 13.5. The molecule has 7 nitrogen and oxygen atoms in total. The number of sulfonamides is 1. The number of carbonyl (C=O) groups excluding carboxylic acids is 1. The van der Waals surface area contributed by atoms with Crippen LogP contribution in [0.15, 0.2) is 76.7 Å². The van der Waals surface area contributed by atoms with Gasteiger partial charge in [0, 0.05) is 0 Å². The van der Waals surface area contributed by atoms with Gasteiger partial charge in [0.15, 0.2) is 0 Å². The van der Waals surface area contributed by atoms with Crippen LogP contribution in [0.25, 0.3) is 0 Å². The van der Waals surface area contributed by atoms with E-state index in [1.54, 1.807) is 25.1 Å². The lowest BCUT2D eigenvalue weighted by Crippen LogP contribution is -2.39. The van der Waals surface area contributed by atoms with Gasteiger partial charge in [-0.3, -0.25) is 9.10 Å². The molecule has 0 aliphatic rings. The summed E-state index contributed by atoms with van der Waals surface area (Å²) >= 11 is 6.24. The third-order valence-electron chi connectivity index (χ3n) is 5.14. The van der Waals surface area contributed by atoms with Gasteiger partial charge < -0.3 is 4.74 Å². The van der Waals surface area contributed by atoms with E-state index in [0.29, 0.717) is 11.5 Å². The monoisotopic (exact) mass is 499 g/mol. The van der Waals surface area contributed by atoms with Gasteiger partial charge in [-0.2, -0.15) is 5.10 Å². The molecule has 0 bridgehead atoms. The SMILES string of the molecule is COc1ccc(N(CC(=O)N/N=C(/C)c2ccc(C)cc2)S(=O)(=O)c2ccc(C)cc2)cc1Cl. The second-order valence-electron chi connectivity index (χ2n) is 7.74. The molecular weight excluding hydrogens is 474 g/mol. The number of benzene rings is 3. The van der Waals surface area contributed by atoms with Gasteiger partial charge in [-0.05, 0) is 56.7 Å². The molecule has 0 saturated heterocycles. The highest BCUT2D eigenvalue weighted by Crippen LogP contribution is 2.32. The molecule has 3 rings (SSSR count). The maximum atomic E-state index is 13.5. The van der Waals surface area contributed by atoms with Crippen molar-refractivity contribution in [2.45, 2.75) is 25.7 Å². The van der Waals surface area contributed by atoms with Crippen molar-refractivity contribution in [2.24, 2.45) is 5.10 Å². The van der Waals surface area contributed by atoms with Gasteiger partial charge >= 0.3 is 0 Å². The van der Waals surface area contributed by atoms with E-state index in [-0.39, 0.29) is 15.6 Å². The standard InChI is InChI=1S/C25H26ClN3O4S/c1-17-5-9-20(10-6-17)19(3)27-28-25(30)16-29(21-11-14-24(33-4)23(26)15-21)34(31,32)22-12-7-18(2)8-13-22/h5-15H,16H2,1-4H3,(H,28,30)/b27-19-. The fourth-order valence-corrected chi connectivity index (χ4v) is 4.80. The molecule has 0 heterocycles. The molecule has 0 unspecified atom stereocenters. The van der Waals surface area contributed by atoms with Crippen LogP contribution >= 0.6 is 11.6 Å². The lowest BCUT2D eigenvalue weighted by molar-refractivity contribution is -0.119. The Labute approximate surface area is 205 Å². The normalized spacial score (nSPS) is 11.7. The molecule has 0 saturated carbocycles. The van der Waals surface area contributed by atoms with E-state index >= 15 is 0 Å². The van der Waals surface area contributed by atoms with Crippen molar-refractivity contribution in [1.82, 2.24) is 5.43 Å². The molecule has 0 aliphatic carbocycles. The first-order valence-electron chi connectivity index (χ1n) is 10.4. The highest BCUT2D eigenvalue weighted by Gasteiger charge is 2.28. The van der Waals surface area contributed by atoms with E-state index in [1.807, 2.05) is 38.1 Å². The molecule has 3 aromatic carbocycles. The van der Waals surface area contributed by atoms with Gasteiger partial charge in [0.1, 0.15) is 12.3 Å². The minimum Gasteiger partial charge on any atom is -0.495 e. The average molecular weight is 500 g/mol. The highest BCUT2D eigenvalue weighted by atomic mass is 35.5. The van der Waals surface area contributed by atoms with Crippen molar-refractivity contribution < 1.29 is 17.9 Å². The van der Waals surface area contributed by atoms with Crippen molar-refractivity contribution >= 4 is 38.9 Å². The number of carbonyl (C=O) groups is 1. The first-order chi connectivity index (χ1) is 16.1. The molecule has 178 valence electrons. The van der Waals surface area contributed by atoms with Crippen LogP contribution in [0, 0.1) is 13.8 Å². The Balaban J connectivity index is 1.91. The third-order valence-corrected chi connectivity index (χ3v) is 7.22. The van der Waals surface area contributed by atoms with Crippen LogP contribution in [0.4, 0.5) is 5.69 Å². The fraction of sp³-hybridized carbons (Fsp3) is 0.200. The zero-order valence-electron chi connectivity index (χ0n) is 19.4. The van der Waals surface area contributed by atoms with Gasteiger partial charge in [0.05, 0.1) is 28.4 Å². The van der Waals surface area contributed by atoms with Crippen molar-refractivity contribution in [3.63, 3.8) is 0 Å². The number of nitrogens with zero attached hydrogens (tertiary/aromatic N) is 2. The number of halogens is 1. The van der Waals surface area contributed by atoms with E-state index in [9.17, 15) is 13.2 Å². The van der Waals surface area contributed by atoms with Gasteiger partial charge in [0.25, 0.3) is 15.9 Å². The molecule has 0 fully saturated rings. The number of hydrogen-bond acceptors (Lipinski definition) is 5. The van der Waals surface area contributed by atoms with Gasteiger partial charge in [-0.15, -0.1) is 0 Å². The number of hydrazone groups is 1. The summed E-state index contributed by atoms with van der Waals surface area (Å²) in [6.45, 7) is 5.10. The Morgan fingerprint density at radius 2 is 1.59 bits per heavy atom. The van der Waals surface area contributed by atoms with E-state index in [2.05, 4.69) is 10.5 Å². The molecule has 1 amide bonds. The number of anilines is 1. The predicted molar refractivity (Wildman–Crippen MR) is 135 cm³/mol. The zero-order valence-corrected chi connectivity index (χ0v) is 20.9. The van der Waals surface area contributed by atoms with Crippen molar-refractivity contribution in [2.75, 3.05) is 18.0 Å². The highest BCUT2D eigenvalue weighted by molar-refractivity contribution is 7.92. The number of nitrogens with one attached hydrogen (secondary N) is 1. The summed E-state index contributed by atoms with van der Waals surface area (Å²) in [7, 11) is -2.61. The average Bonchev–Trinajstić information content (AvgIpc) is 2.81. The minimum atomic E-state index is -4.07. The van der Waals surface area contributed by atoms with Crippen LogP contribution in [-0.4, -0.2) is 33.7 Å². The lowest BCUT2D eigenvalue weighted by atomic mass is 10.1. The maximum Gasteiger partial charge on any atom is 0.264 e. The summed E-state index contributed by atoms with van der Waals surface area (Å²) < 4.78 is 33.1. The van der Waals surface area contributed by atoms with E-state index in [4.69, 9.17) is 16.3 Å². The largest absolute Gasteiger partial charge is 0.495 e. The number of hydrogen-bond donors (Lipinski definition) is 1. The van der Waals surface area contributed by atoms with Gasteiger partial charge in [-0.1, -0.05) is 59.1 Å². The first-order valence-corrected chi connectivity index (χ1v) is 12.3.